The van der Waals surface area contributed by atoms with Gasteiger partial charge in [0, 0.05) is 31.4 Å². The zero-order chi connectivity index (χ0) is 19.2. The molecule has 0 radical (unpaired) electrons. The van der Waals surface area contributed by atoms with E-state index in [1.807, 2.05) is 30.1 Å². The summed E-state index contributed by atoms with van der Waals surface area (Å²) in [5, 5.41) is 22.8. The average molecular weight is 375 g/mol. The van der Waals surface area contributed by atoms with Gasteiger partial charge in [-0.3, -0.25) is 14.7 Å². The third-order valence-corrected chi connectivity index (χ3v) is 4.81. The third kappa shape index (κ3) is 4.72. The third-order valence-electron chi connectivity index (χ3n) is 4.81. The van der Waals surface area contributed by atoms with Crippen molar-refractivity contribution in [3.63, 3.8) is 0 Å². The van der Waals surface area contributed by atoms with Crippen LogP contribution in [-0.4, -0.2) is 77.1 Å². The second kappa shape index (κ2) is 9.09. The molecule has 0 saturated carbocycles. The predicted molar refractivity (Wildman–Crippen MR) is 97.2 cm³/mol. The first kappa shape index (κ1) is 19.5. The summed E-state index contributed by atoms with van der Waals surface area (Å²) in [6.45, 7) is 0.572. The highest BCUT2D eigenvalue weighted by Crippen LogP contribution is 2.25. The van der Waals surface area contributed by atoms with E-state index in [9.17, 15) is 15.0 Å². The maximum Gasteiger partial charge on any atom is 0.287 e. The van der Waals surface area contributed by atoms with E-state index in [0.29, 0.717) is 6.54 Å². The van der Waals surface area contributed by atoms with Crippen LogP contribution in [0.3, 0.4) is 0 Å². The number of hydrogen-bond donors (Lipinski definition) is 3. The highest BCUT2D eigenvalue weighted by Gasteiger charge is 2.45. The standard InChI is InChI=1S/C19H25N3O5/c1-22(9-7-13-5-2-3-8-20-13)17-15(27-16(12-23)18(17)24)11-21-19(25)14-6-4-10-26-14/h2-6,8,10,15-18,23-24H,7,9,11-12H2,1H3,(H,21,25)/t15-,16+,17-,18-/m1/s1. The van der Waals surface area contributed by atoms with Crippen LogP contribution in [0.15, 0.2) is 47.2 Å². The minimum Gasteiger partial charge on any atom is -0.459 e. The number of rotatable bonds is 8. The smallest absolute Gasteiger partial charge is 0.287 e. The molecule has 27 heavy (non-hydrogen) atoms. The van der Waals surface area contributed by atoms with Crippen molar-refractivity contribution in [2.75, 3.05) is 26.7 Å². The maximum atomic E-state index is 12.1. The molecular formula is C19H25N3O5. The van der Waals surface area contributed by atoms with Crippen molar-refractivity contribution in [1.29, 1.82) is 0 Å². The molecule has 3 heterocycles. The monoisotopic (exact) mass is 375 g/mol. The molecule has 3 N–H and O–H groups in total. The van der Waals surface area contributed by atoms with Crippen LogP contribution in [0, 0.1) is 0 Å². The number of pyridine rings is 1. The molecule has 2 aromatic heterocycles. The number of ether oxygens (including phenoxy) is 1. The minimum absolute atomic E-state index is 0.200. The van der Waals surface area contributed by atoms with Gasteiger partial charge in [-0.1, -0.05) is 6.07 Å². The number of nitrogens with one attached hydrogen (secondary N) is 1. The highest BCUT2D eigenvalue weighted by molar-refractivity contribution is 5.91. The van der Waals surface area contributed by atoms with Gasteiger partial charge in [0.15, 0.2) is 5.76 Å². The Balaban J connectivity index is 1.61. The molecule has 146 valence electrons. The van der Waals surface area contributed by atoms with Gasteiger partial charge < -0.3 is 24.7 Å². The number of carbonyl (C=O) groups excluding carboxylic acids is 1. The lowest BCUT2D eigenvalue weighted by Crippen LogP contribution is -2.50. The quantitative estimate of drug-likeness (QED) is 0.599. The number of aliphatic hydroxyl groups is 2. The van der Waals surface area contributed by atoms with E-state index in [2.05, 4.69) is 10.3 Å². The number of carbonyl (C=O) groups is 1. The summed E-state index contributed by atoms with van der Waals surface area (Å²) in [6.07, 6.45) is 1.91. The summed E-state index contributed by atoms with van der Waals surface area (Å²) in [4.78, 5) is 18.4. The molecule has 1 amide bonds. The first-order valence-corrected chi connectivity index (χ1v) is 8.96. The Labute approximate surface area is 157 Å². The van der Waals surface area contributed by atoms with Crippen molar-refractivity contribution in [3.8, 4) is 0 Å². The number of nitrogens with zero attached hydrogens (tertiary/aromatic N) is 2. The Morgan fingerprint density at radius 1 is 1.30 bits per heavy atom. The first-order chi connectivity index (χ1) is 13.1. The molecule has 8 heteroatoms. The zero-order valence-corrected chi connectivity index (χ0v) is 15.2. The van der Waals surface area contributed by atoms with E-state index in [0.717, 1.165) is 12.1 Å². The summed E-state index contributed by atoms with van der Waals surface area (Å²) in [6, 6.07) is 8.61. The van der Waals surface area contributed by atoms with Gasteiger partial charge in [-0.15, -0.1) is 0 Å². The topological polar surface area (TPSA) is 108 Å². The van der Waals surface area contributed by atoms with Crippen LogP contribution in [0.1, 0.15) is 16.2 Å². The summed E-state index contributed by atoms with van der Waals surface area (Å²) in [7, 11) is 1.89. The largest absolute Gasteiger partial charge is 0.459 e. The van der Waals surface area contributed by atoms with Gasteiger partial charge in [-0.2, -0.15) is 0 Å². The molecule has 0 bridgehead atoms. The summed E-state index contributed by atoms with van der Waals surface area (Å²) in [5.74, 6) is -0.132. The number of furan rings is 1. The average Bonchev–Trinajstić information content (AvgIpc) is 3.33. The Bertz CT molecular complexity index is 709. The highest BCUT2D eigenvalue weighted by atomic mass is 16.5. The van der Waals surface area contributed by atoms with Crippen LogP contribution in [0.5, 0.6) is 0 Å². The van der Waals surface area contributed by atoms with Gasteiger partial charge in [0.2, 0.25) is 0 Å². The molecule has 0 spiro atoms. The van der Waals surface area contributed by atoms with Gasteiger partial charge in [0.1, 0.15) is 12.2 Å². The van der Waals surface area contributed by atoms with Crippen molar-refractivity contribution in [1.82, 2.24) is 15.2 Å². The summed E-state index contributed by atoms with van der Waals surface area (Å²) >= 11 is 0. The fourth-order valence-electron chi connectivity index (χ4n) is 3.36. The molecule has 8 nitrogen and oxygen atoms in total. The van der Waals surface area contributed by atoms with E-state index in [-0.39, 0.29) is 30.9 Å². The molecular weight excluding hydrogens is 350 g/mol. The second-order valence-electron chi connectivity index (χ2n) is 6.62. The number of likely N-dealkylation sites (N-methyl/N-ethyl adjacent to an activating group) is 1. The van der Waals surface area contributed by atoms with Crippen molar-refractivity contribution >= 4 is 5.91 Å². The van der Waals surface area contributed by atoms with Crippen LogP contribution < -0.4 is 5.32 Å². The Hall–Kier alpha value is -2.26. The van der Waals surface area contributed by atoms with Crippen molar-refractivity contribution in [2.45, 2.75) is 30.8 Å². The number of aliphatic hydroxyl groups excluding tert-OH is 2. The molecule has 1 saturated heterocycles. The van der Waals surface area contributed by atoms with Crippen molar-refractivity contribution < 1.29 is 24.2 Å². The van der Waals surface area contributed by atoms with E-state index >= 15 is 0 Å². The summed E-state index contributed by atoms with van der Waals surface area (Å²) in [5.41, 5.74) is 0.958. The minimum atomic E-state index is -0.853. The SMILES string of the molecule is CN(CCc1ccccn1)[C@H]1[C@H](O)[C@H](CO)O[C@@H]1CNC(=O)c1ccco1. The van der Waals surface area contributed by atoms with Gasteiger partial charge in [0.25, 0.3) is 5.91 Å². The molecule has 4 atom stereocenters. The fraction of sp³-hybridized carbons (Fsp3) is 0.474. The second-order valence-corrected chi connectivity index (χ2v) is 6.62. The van der Waals surface area contributed by atoms with Crippen molar-refractivity contribution in [3.05, 3.63) is 54.2 Å². The molecule has 0 aliphatic carbocycles. The maximum absolute atomic E-state index is 12.1. The molecule has 2 aromatic rings. The van der Waals surface area contributed by atoms with Gasteiger partial charge in [-0.05, 0) is 31.3 Å². The lowest BCUT2D eigenvalue weighted by Gasteiger charge is -2.30. The number of aromatic nitrogens is 1. The molecule has 1 aliphatic rings. The molecule has 1 aliphatic heterocycles. The molecule has 3 rings (SSSR count). The van der Waals surface area contributed by atoms with Crippen LogP contribution in [0.4, 0.5) is 0 Å². The Kier molecular flexibility index (Phi) is 6.57. The van der Waals surface area contributed by atoms with Crippen molar-refractivity contribution in [2.24, 2.45) is 0 Å². The number of hydrogen-bond acceptors (Lipinski definition) is 7. The molecule has 0 unspecified atom stereocenters. The fourth-order valence-corrected chi connectivity index (χ4v) is 3.36. The van der Waals surface area contributed by atoms with Crippen LogP contribution >= 0.6 is 0 Å². The summed E-state index contributed by atoms with van der Waals surface area (Å²) < 4.78 is 10.8. The van der Waals surface area contributed by atoms with E-state index < -0.39 is 18.3 Å². The van der Waals surface area contributed by atoms with E-state index in [1.165, 1.54) is 6.26 Å². The van der Waals surface area contributed by atoms with Gasteiger partial charge in [-0.25, -0.2) is 0 Å². The van der Waals surface area contributed by atoms with Crippen LogP contribution in [-0.2, 0) is 11.2 Å². The van der Waals surface area contributed by atoms with Crippen LogP contribution in [0.2, 0.25) is 0 Å². The lowest BCUT2D eigenvalue weighted by atomic mass is 10.0. The zero-order valence-electron chi connectivity index (χ0n) is 15.2. The normalized spacial score (nSPS) is 25.0. The molecule has 1 fully saturated rings. The van der Waals surface area contributed by atoms with Crippen LogP contribution in [0.25, 0.3) is 0 Å². The van der Waals surface area contributed by atoms with Gasteiger partial charge >= 0.3 is 0 Å². The number of amides is 1. The molecule has 0 aromatic carbocycles. The first-order valence-electron chi connectivity index (χ1n) is 8.96. The van der Waals surface area contributed by atoms with E-state index in [4.69, 9.17) is 9.15 Å². The predicted octanol–water partition coefficient (Wildman–Crippen LogP) is 0.0681. The Morgan fingerprint density at radius 2 is 2.15 bits per heavy atom. The van der Waals surface area contributed by atoms with Gasteiger partial charge in [0.05, 0.1) is 25.0 Å². The van der Waals surface area contributed by atoms with E-state index in [1.54, 1.807) is 18.3 Å². The lowest BCUT2D eigenvalue weighted by molar-refractivity contribution is -0.0209. The Morgan fingerprint density at radius 3 is 2.81 bits per heavy atom.